The molecule has 0 saturated carbocycles. The molecule has 0 bridgehead atoms. The summed E-state index contributed by atoms with van der Waals surface area (Å²) in [7, 11) is 0. The van der Waals surface area contributed by atoms with Gasteiger partial charge in [-0.25, -0.2) is 4.79 Å². The van der Waals surface area contributed by atoms with Gasteiger partial charge in [-0.15, -0.1) is 0 Å². The molecule has 0 aliphatic heterocycles. The summed E-state index contributed by atoms with van der Waals surface area (Å²) in [5.41, 5.74) is 1.98. The number of amides is 1. The van der Waals surface area contributed by atoms with E-state index in [1.807, 2.05) is 30.3 Å². The van der Waals surface area contributed by atoms with Crippen LogP contribution in [0.4, 0.5) is 5.69 Å². The highest BCUT2D eigenvalue weighted by Crippen LogP contribution is 2.13. The van der Waals surface area contributed by atoms with Crippen molar-refractivity contribution in [3.05, 3.63) is 62.7 Å². The van der Waals surface area contributed by atoms with Crippen LogP contribution < -0.4 is 11.1 Å². The van der Waals surface area contributed by atoms with Gasteiger partial charge in [0.1, 0.15) is 0 Å². The number of benzene rings is 2. The number of carbonyl (C=O) groups excluding carboxylic acids is 1. The number of fused-ring (bicyclic) bond motifs is 1. The Hall–Kier alpha value is -2.09. The van der Waals surface area contributed by atoms with Crippen LogP contribution in [-0.4, -0.2) is 10.5 Å². The zero-order valence-electron chi connectivity index (χ0n) is 11.6. The van der Waals surface area contributed by atoms with E-state index in [4.69, 9.17) is 4.42 Å². The summed E-state index contributed by atoms with van der Waals surface area (Å²) in [4.78, 5) is 23.8. The second-order valence-corrected chi connectivity index (χ2v) is 6.04. The van der Waals surface area contributed by atoms with Gasteiger partial charge in [0, 0.05) is 22.2 Å². The highest BCUT2D eigenvalue weighted by Gasteiger charge is 2.10. The van der Waals surface area contributed by atoms with Crippen molar-refractivity contribution in [2.75, 3.05) is 5.32 Å². The first-order chi connectivity index (χ1) is 10.6. The van der Waals surface area contributed by atoms with Gasteiger partial charge >= 0.3 is 5.76 Å². The molecule has 1 heterocycles. The van der Waals surface area contributed by atoms with E-state index in [0.717, 1.165) is 9.26 Å². The molecular formula is C16H13IN2O3. The molecule has 0 aliphatic carbocycles. The molecule has 1 N–H and O–H groups in total. The first kappa shape index (κ1) is 14.8. The molecular weight excluding hydrogens is 395 g/mol. The summed E-state index contributed by atoms with van der Waals surface area (Å²) in [6.07, 6.45) is 0.204. The summed E-state index contributed by atoms with van der Waals surface area (Å²) in [5.74, 6) is -0.582. The van der Waals surface area contributed by atoms with Crippen LogP contribution in [0.5, 0.6) is 0 Å². The lowest BCUT2D eigenvalue weighted by Crippen LogP contribution is -2.19. The minimum atomic E-state index is -0.441. The highest BCUT2D eigenvalue weighted by molar-refractivity contribution is 14.1. The monoisotopic (exact) mass is 408 g/mol. The quantitative estimate of drug-likeness (QED) is 0.675. The van der Waals surface area contributed by atoms with Crippen molar-refractivity contribution in [1.29, 1.82) is 0 Å². The molecule has 3 rings (SSSR count). The fourth-order valence-corrected chi connectivity index (χ4v) is 2.56. The van der Waals surface area contributed by atoms with Gasteiger partial charge in [-0.1, -0.05) is 12.1 Å². The van der Waals surface area contributed by atoms with Crippen molar-refractivity contribution in [2.45, 2.75) is 13.0 Å². The van der Waals surface area contributed by atoms with Crippen LogP contribution in [0.2, 0.25) is 0 Å². The lowest BCUT2D eigenvalue weighted by atomic mass is 10.3. The van der Waals surface area contributed by atoms with Gasteiger partial charge in [-0.05, 0) is 59.0 Å². The van der Waals surface area contributed by atoms with Gasteiger partial charge in [0.15, 0.2) is 5.58 Å². The van der Waals surface area contributed by atoms with Crippen LogP contribution in [0, 0.1) is 3.57 Å². The van der Waals surface area contributed by atoms with Crippen molar-refractivity contribution in [1.82, 2.24) is 4.57 Å². The van der Waals surface area contributed by atoms with Crippen LogP contribution in [0.3, 0.4) is 0 Å². The van der Waals surface area contributed by atoms with Gasteiger partial charge in [0.2, 0.25) is 5.91 Å². The van der Waals surface area contributed by atoms with Gasteiger partial charge in [0.05, 0.1) is 5.52 Å². The SMILES string of the molecule is O=C(CCn1c(=O)oc2ccccc21)Nc1ccc(I)cc1. The zero-order valence-corrected chi connectivity index (χ0v) is 13.7. The van der Waals surface area contributed by atoms with E-state index in [1.165, 1.54) is 4.57 Å². The maximum atomic E-state index is 12.0. The van der Waals surface area contributed by atoms with Crippen LogP contribution >= 0.6 is 22.6 Å². The average molecular weight is 408 g/mol. The number of nitrogens with one attached hydrogen (secondary N) is 1. The summed E-state index contributed by atoms with van der Waals surface area (Å²) < 4.78 is 7.72. The average Bonchev–Trinajstić information content (AvgIpc) is 2.83. The number of aromatic nitrogens is 1. The standard InChI is InChI=1S/C16H13IN2O3/c17-11-5-7-12(8-6-11)18-15(20)9-10-19-13-3-1-2-4-14(13)22-16(19)21/h1-8H,9-10H2,(H,18,20). The van der Waals surface area contributed by atoms with Crippen molar-refractivity contribution in [3.63, 3.8) is 0 Å². The third kappa shape index (κ3) is 3.22. The molecule has 0 fully saturated rings. The van der Waals surface area contributed by atoms with Crippen molar-refractivity contribution >= 4 is 45.3 Å². The fourth-order valence-electron chi connectivity index (χ4n) is 2.20. The Kier molecular flexibility index (Phi) is 4.28. The van der Waals surface area contributed by atoms with Crippen molar-refractivity contribution in [3.8, 4) is 0 Å². The predicted molar refractivity (Wildman–Crippen MR) is 92.9 cm³/mol. The molecule has 6 heteroatoms. The van der Waals surface area contributed by atoms with Crippen molar-refractivity contribution < 1.29 is 9.21 Å². The second kappa shape index (κ2) is 6.35. The third-order valence-electron chi connectivity index (χ3n) is 3.26. The summed E-state index contributed by atoms with van der Waals surface area (Å²) in [6.45, 7) is 0.284. The molecule has 2 aromatic carbocycles. The summed E-state index contributed by atoms with van der Waals surface area (Å²) >= 11 is 2.20. The Bertz CT molecular complexity index is 865. The van der Waals surface area contributed by atoms with Crippen LogP contribution in [0.1, 0.15) is 6.42 Å². The Morgan fingerprint density at radius 3 is 2.64 bits per heavy atom. The van der Waals surface area contributed by atoms with Gasteiger partial charge < -0.3 is 9.73 Å². The second-order valence-electron chi connectivity index (χ2n) is 4.79. The molecule has 0 unspecified atom stereocenters. The number of oxazole rings is 1. The minimum Gasteiger partial charge on any atom is -0.408 e. The van der Waals surface area contributed by atoms with E-state index in [1.54, 1.807) is 18.2 Å². The molecule has 1 amide bonds. The maximum absolute atomic E-state index is 12.0. The molecule has 0 spiro atoms. The number of carbonyl (C=O) groups is 1. The Balaban J connectivity index is 1.68. The maximum Gasteiger partial charge on any atom is 0.419 e. The van der Waals surface area contributed by atoms with Gasteiger partial charge in [-0.2, -0.15) is 0 Å². The van der Waals surface area contributed by atoms with E-state index in [2.05, 4.69) is 27.9 Å². The summed E-state index contributed by atoms with van der Waals surface area (Å²) in [6, 6.07) is 14.7. The fraction of sp³-hybridized carbons (Fsp3) is 0.125. The topological polar surface area (TPSA) is 64.2 Å². The normalized spacial score (nSPS) is 10.8. The molecule has 5 nitrogen and oxygen atoms in total. The van der Waals surface area contributed by atoms with Crippen LogP contribution in [0.15, 0.2) is 57.7 Å². The molecule has 0 radical (unpaired) electrons. The van der Waals surface area contributed by atoms with E-state index < -0.39 is 5.76 Å². The number of hydrogen-bond acceptors (Lipinski definition) is 3. The van der Waals surface area contributed by atoms with Crippen LogP contribution in [0.25, 0.3) is 11.1 Å². The minimum absolute atomic E-state index is 0.140. The largest absolute Gasteiger partial charge is 0.419 e. The number of anilines is 1. The summed E-state index contributed by atoms with van der Waals surface area (Å²) in [5, 5.41) is 2.81. The highest BCUT2D eigenvalue weighted by atomic mass is 127. The Morgan fingerprint density at radius 1 is 1.14 bits per heavy atom. The smallest absolute Gasteiger partial charge is 0.408 e. The number of halogens is 1. The molecule has 0 aliphatic rings. The lowest BCUT2D eigenvalue weighted by Gasteiger charge is -2.05. The van der Waals surface area contributed by atoms with Crippen LogP contribution in [-0.2, 0) is 11.3 Å². The Labute approximate surface area is 140 Å². The molecule has 0 saturated heterocycles. The number of nitrogens with zero attached hydrogens (tertiary/aromatic N) is 1. The van der Waals surface area contributed by atoms with Gasteiger partial charge in [-0.3, -0.25) is 9.36 Å². The molecule has 22 heavy (non-hydrogen) atoms. The Morgan fingerprint density at radius 2 is 1.86 bits per heavy atom. The number of rotatable bonds is 4. The third-order valence-corrected chi connectivity index (χ3v) is 3.98. The molecule has 3 aromatic rings. The van der Waals surface area contributed by atoms with E-state index in [-0.39, 0.29) is 18.9 Å². The first-order valence-electron chi connectivity index (χ1n) is 6.77. The predicted octanol–water partition coefficient (Wildman–Crippen LogP) is 3.23. The van der Waals surface area contributed by atoms with E-state index >= 15 is 0 Å². The number of hydrogen-bond donors (Lipinski definition) is 1. The zero-order chi connectivity index (χ0) is 15.5. The molecule has 0 atom stereocenters. The lowest BCUT2D eigenvalue weighted by molar-refractivity contribution is -0.116. The van der Waals surface area contributed by atoms with E-state index in [0.29, 0.717) is 11.1 Å². The first-order valence-corrected chi connectivity index (χ1v) is 7.85. The molecule has 1 aromatic heterocycles. The van der Waals surface area contributed by atoms with E-state index in [9.17, 15) is 9.59 Å². The van der Waals surface area contributed by atoms with Crippen molar-refractivity contribution in [2.24, 2.45) is 0 Å². The number of aryl methyl sites for hydroxylation is 1. The number of para-hydroxylation sites is 2. The van der Waals surface area contributed by atoms with Gasteiger partial charge in [0.25, 0.3) is 0 Å². The molecule has 112 valence electrons.